The lowest BCUT2D eigenvalue weighted by Gasteiger charge is -2.30. The van der Waals surface area contributed by atoms with Crippen LogP contribution >= 0.6 is 23.8 Å². The maximum absolute atomic E-state index is 12.8. The van der Waals surface area contributed by atoms with Gasteiger partial charge in [0.05, 0.1) is 31.5 Å². The number of nitrogens with one attached hydrogen (secondary N) is 3. The zero-order valence-electron chi connectivity index (χ0n) is 23.8. The molecule has 0 aromatic heterocycles. The number of nitrogens with zero attached hydrogens (tertiary/aromatic N) is 1. The lowest BCUT2D eigenvalue weighted by atomic mass is 9.95. The standard InChI is InChI=1S/C31H31ClN4O6S/c1-4-40-30(38)27-19(2)34-31(43)35-28(27)23-9-5-6-10-24(23)41-18-26(37)36-33-16-21-8-7-11-25(39-3)29(21)42-17-20-12-14-22(32)15-13-20/h5-16,28H,4,17-18H2,1-3H3,(H,36,37)(H2,34,35,43)/t28-/m1/s1. The van der Waals surface area contributed by atoms with E-state index < -0.39 is 17.9 Å². The summed E-state index contributed by atoms with van der Waals surface area (Å²) >= 11 is 11.3. The van der Waals surface area contributed by atoms with Crippen LogP contribution in [-0.2, 0) is 20.9 Å². The Balaban J connectivity index is 1.43. The zero-order valence-corrected chi connectivity index (χ0v) is 25.4. The number of hydrogen-bond acceptors (Lipinski definition) is 8. The van der Waals surface area contributed by atoms with Crippen molar-refractivity contribution in [2.75, 3.05) is 20.3 Å². The van der Waals surface area contributed by atoms with Crippen molar-refractivity contribution in [1.29, 1.82) is 0 Å². The van der Waals surface area contributed by atoms with Gasteiger partial charge in [-0.05, 0) is 62.0 Å². The average Bonchev–Trinajstić information content (AvgIpc) is 2.99. The molecule has 0 radical (unpaired) electrons. The second-order valence-electron chi connectivity index (χ2n) is 9.20. The Hall–Kier alpha value is -4.61. The van der Waals surface area contributed by atoms with E-state index in [1.165, 1.54) is 6.21 Å². The topological polar surface area (TPSA) is 120 Å². The Morgan fingerprint density at radius 3 is 2.53 bits per heavy atom. The minimum atomic E-state index is -0.635. The van der Waals surface area contributed by atoms with E-state index >= 15 is 0 Å². The van der Waals surface area contributed by atoms with Crippen LogP contribution in [0.5, 0.6) is 17.2 Å². The molecule has 43 heavy (non-hydrogen) atoms. The normalized spacial score (nSPS) is 14.5. The molecule has 1 aliphatic rings. The van der Waals surface area contributed by atoms with Gasteiger partial charge in [-0.25, -0.2) is 10.2 Å². The first-order chi connectivity index (χ1) is 20.8. The summed E-state index contributed by atoms with van der Waals surface area (Å²) in [6, 6.07) is 19.1. The third-order valence-corrected chi connectivity index (χ3v) is 6.74. The maximum Gasteiger partial charge on any atom is 0.338 e. The molecule has 0 bridgehead atoms. The molecule has 1 amide bonds. The highest BCUT2D eigenvalue weighted by molar-refractivity contribution is 7.80. The number of para-hydroxylation sites is 2. The summed E-state index contributed by atoms with van der Waals surface area (Å²) in [6.07, 6.45) is 1.46. The Morgan fingerprint density at radius 1 is 1.05 bits per heavy atom. The van der Waals surface area contributed by atoms with Gasteiger partial charge in [-0.2, -0.15) is 5.10 Å². The van der Waals surface area contributed by atoms with Crippen LogP contribution < -0.4 is 30.3 Å². The molecule has 3 N–H and O–H groups in total. The number of methoxy groups -OCH3 is 1. The van der Waals surface area contributed by atoms with Gasteiger partial charge in [0.25, 0.3) is 5.91 Å². The number of hydrogen-bond donors (Lipinski definition) is 3. The van der Waals surface area contributed by atoms with Crippen molar-refractivity contribution in [1.82, 2.24) is 16.1 Å². The van der Waals surface area contributed by atoms with Gasteiger partial charge in [0.1, 0.15) is 12.4 Å². The number of esters is 1. The van der Waals surface area contributed by atoms with E-state index in [1.807, 2.05) is 12.1 Å². The van der Waals surface area contributed by atoms with E-state index in [-0.39, 0.29) is 19.8 Å². The Labute approximate surface area is 260 Å². The molecule has 0 saturated heterocycles. The predicted octanol–water partition coefficient (Wildman–Crippen LogP) is 4.81. The van der Waals surface area contributed by atoms with Crippen molar-refractivity contribution < 1.29 is 28.5 Å². The van der Waals surface area contributed by atoms with Crippen molar-refractivity contribution >= 4 is 47.0 Å². The molecular weight excluding hydrogens is 592 g/mol. The van der Waals surface area contributed by atoms with Crippen LogP contribution in [0.3, 0.4) is 0 Å². The maximum atomic E-state index is 12.8. The zero-order chi connectivity index (χ0) is 30.8. The first-order valence-corrected chi connectivity index (χ1v) is 14.1. The van der Waals surface area contributed by atoms with E-state index in [0.29, 0.717) is 49.8 Å². The first kappa shape index (κ1) is 31.3. The van der Waals surface area contributed by atoms with E-state index in [0.717, 1.165) is 5.56 Å². The number of thiocarbonyl (C=S) groups is 1. The summed E-state index contributed by atoms with van der Waals surface area (Å²) in [5.41, 5.74) is 5.54. The SMILES string of the molecule is CCOC(=O)C1=C(C)NC(=S)N[C@@H]1c1ccccc1OCC(=O)NN=Cc1cccc(OC)c1OCc1ccc(Cl)cc1. The minimum absolute atomic E-state index is 0.220. The number of rotatable bonds is 12. The lowest BCUT2D eigenvalue weighted by Crippen LogP contribution is -2.45. The number of hydrazone groups is 1. The van der Waals surface area contributed by atoms with Gasteiger partial charge in [-0.1, -0.05) is 48.0 Å². The molecule has 0 fully saturated rings. The monoisotopic (exact) mass is 622 g/mol. The summed E-state index contributed by atoms with van der Waals surface area (Å²) < 4.78 is 22.6. The van der Waals surface area contributed by atoms with Gasteiger partial charge < -0.3 is 29.6 Å². The molecule has 10 nitrogen and oxygen atoms in total. The van der Waals surface area contributed by atoms with E-state index in [4.69, 9.17) is 42.8 Å². The lowest BCUT2D eigenvalue weighted by molar-refractivity contribution is -0.139. The fraction of sp³-hybridized carbons (Fsp3) is 0.226. The molecule has 1 aliphatic heterocycles. The molecule has 0 spiro atoms. The summed E-state index contributed by atoms with van der Waals surface area (Å²) in [5, 5.41) is 11.1. The van der Waals surface area contributed by atoms with Crippen LogP contribution in [0.25, 0.3) is 0 Å². The highest BCUT2D eigenvalue weighted by Gasteiger charge is 2.32. The Kier molecular flexibility index (Phi) is 11.0. The highest BCUT2D eigenvalue weighted by atomic mass is 35.5. The van der Waals surface area contributed by atoms with Gasteiger partial charge in [-0.3, -0.25) is 4.79 Å². The summed E-state index contributed by atoms with van der Waals surface area (Å²) in [5.74, 6) is 0.397. The smallest absolute Gasteiger partial charge is 0.338 e. The Bertz CT molecular complexity index is 1540. The molecule has 0 unspecified atom stereocenters. The third kappa shape index (κ3) is 8.24. The van der Waals surface area contributed by atoms with Crippen LogP contribution in [0.2, 0.25) is 5.02 Å². The number of ether oxygens (including phenoxy) is 4. The van der Waals surface area contributed by atoms with Gasteiger partial charge in [0.15, 0.2) is 23.2 Å². The number of carbonyl (C=O) groups excluding carboxylic acids is 2. The quantitative estimate of drug-likeness (QED) is 0.113. The molecule has 4 rings (SSSR count). The second kappa shape index (κ2) is 15.0. The largest absolute Gasteiger partial charge is 0.493 e. The van der Waals surface area contributed by atoms with Gasteiger partial charge in [0.2, 0.25) is 0 Å². The Morgan fingerprint density at radius 2 is 1.79 bits per heavy atom. The number of amides is 1. The van der Waals surface area contributed by atoms with Crippen LogP contribution in [0.4, 0.5) is 0 Å². The first-order valence-electron chi connectivity index (χ1n) is 13.3. The molecule has 3 aromatic carbocycles. The molecule has 1 atom stereocenters. The third-order valence-electron chi connectivity index (χ3n) is 6.27. The van der Waals surface area contributed by atoms with Crippen LogP contribution in [0, 0.1) is 0 Å². The molecule has 0 saturated carbocycles. The average molecular weight is 623 g/mol. The summed E-state index contributed by atoms with van der Waals surface area (Å²) in [6.45, 7) is 3.65. The number of benzene rings is 3. The molecule has 1 heterocycles. The number of carbonyl (C=O) groups is 2. The number of halogens is 1. The molecular formula is C31H31ClN4O6S. The molecule has 12 heteroatoms. The van der Waals surface area contributed by atoms with Crippen LogP contribution in [-0.4, -0.2) is 43.5 Å². The van der Waals surface area contributed by atoms with Crippen molar-refractivity contribution in [2.24, 2.45) is 5.10 Å². The van der Waals surface area contributed by atoms with Crippen molar-refractivity contribution in [3.05, 3.63) is 99.7 Å². The van der Waals surface area contributed by atoms with Gasteiger partial charge >= 0.3 is 5.97 Å². The van der Waals surface area contributed by atoms with Crippen molar-refractivity contribution in [2.45, 2.75) is 26.5 Å². The minimum Gasteiger partial charge on any atom is -0.493 e. The van der Waals surface area contributed by atoms with Crippen molar-refractivity contribution in [3.8, 4) is 17.2 Å². The summed E-state index contributed by atoms with van der Waals surface area (Å²) in [4.78, 5) is 25.4. The molecule has 0 aliphatic carbocycles. The molecule has 3 aromatic rings. The molecule has 224 valence electrons. The second-order valence-corrected chi connectivity index (χ2v) is 10.0. The highest BCUT2D eigenvalue weighted by Crippen LogP contribution is 2.34. The van der Waals surface area contributed by atoms with Gasteiger partial charge in [0, 0.05) is 21.8 Å². The van der Waals surface area contributed by atoms with Crippen LogP contribution in [0.1, 0.15) is 36.6 Å². The van der Waals surface area contributed by atoms with Crippen LogP contribution in [0.15, 0.2) is 83.1 Å². The van der Waals surface area contributed by atoms with E-state index in [1.54, 1.807) is 75.6 Å². The fourth-order valence-corrected chi connectivity index (χ4v) is 4.69. The van der Waals surface area contributed by atoms with Crippen molar-refractivity contribution in [3.63, 3.8) is 0 Å². The fourth-order valence-electron chi connectivity index (χ4n) is 4.29. The predicted molar refractivity (Wildman–Crippen MR) is 167 cm³/mol. The van der Waals surface area contributed by atoms with E-state index in [9.17, 15) is 9.59 Å². The summed E-state index contributed by atoms with van der Waals surface area (Å²) in [7, 11) is 1.54. The number of allylic oxidation sites excluding steroid dienone is 1. The van der Waals surface area contributed by atoms with E-state index in [2.05, 4.69) is 21.2 Å². The van der Waals surface area contributed by atoms with Gasteiger partial charge in [-0.15, -0.1) is 0 Å².